The second kappa shape index (κ2) is 8.97. The number of amides is 2. The molecule has 0 unspecified atom stereocenters. The van der Waals surface area contributed by atoms with E-state index in [0.29, 0.717) is 35.8 Å². The zero-order valence-electron chi connectivity index (χ0n) is 13.5. The molecule has 0 saturated heterocycles. The Balaban J connectivity index is 1.79. The Bertz CT molecular complexity index is 684. The summed E-state index contributed by atoms with van der Waals surface area (Å²) in [7, 11) is 0. The zero-order chi connectivity index (χ0) is 17.4. The smallest absolute Gasteiger partial charge is 0.251 e. The number of carbonyl (C=O) groups excluding carboxylic acids is 2. The molecule has 0 fully saturated rings. The van der Waals surface area contributed by atoms with E-state index in [1.54, 1.807) is 24.3 Å². The predicted octanol–water partition coefficient (Wildman–Crippen LogP) is 2.22. The van der Waals surface area contributed by atoms with E-state index in [4.69, 9.17) is 5.73 Å². The van der Waals surface area contributed by atoms with Crippen LogP contribution in [0, 0.1) is 0 Å². The van der Waals surface area contributed by atoms with E-state index in [1.165, 1.54) is 11.3 Å². The molecule has 0 bridgehead atoms. The van der Waals surface area contributed by atoms with Gasteiger partial charge in [0.05, 0.1) is 0 Å². The van der Waals surface area contributed by atoms with Crippen molar-refractivity contribution in [1.82, 2.24) is 15.5 Å². The van der Waals surface area contributed by atoms with Gasteiger partial charge >= 0.3 is 0 Å². The highest BCUT2D eigenvalue weighted by atomic mass is 32.1. The van der Waals surface area contributed by atoms with Crippen LogP contribution in [0.5, 0.6) is 0 Å². The van der Waals surface area contributed by atoms with E-state index in [-0.39, 0.29) is 11.8 Å². The highest BCUT2D eigenvalue weighted by molar-refractivity contribution is 7.15. The van der Waals surface area contributed by atoms with Gasteiger partial charge in [0, 0.05) is 30.6 Å². The summed E-state index contributed by atoms with van der Waals surface area (Å²) in [5, 5.41) is 14.5. The van der Waals surface area contributed by atoms with Crippen LogP contribution in [0.15, 0.2) is 24.3 Å². The third-order valence-electron chi connectivity index (χ3n) is 3.30. The van der Waals surface area contributed by atoms with Crippen molar-refractivity contribution in [2.45, 2.75) is 32.6 Å². The number of hydrogen-bond donors (Lipinski definition) is 3. The quantitative estimate of drug-likeness (QED) is 0.678. The van der Waals surface area contributed by atoms with E-state index in [9.17, 15) is 9.59 Å². The first-order valence-electron chi connectivity index (χ1n) is 7.84. The number of hydrogen-bond acceptors (Lipinski definition) is 6. The number of nitrogens with one attached hydrogen (secondary N) is 2. The third-order valence-corrected chi connectivity index (χ3v) is 4.11. The minimum atomic E-state index is -0.170. The monoisotopic (exact) mass is 347 g/mol. The Morgan fingerprint density at radius 2 is 1.96 bits per heavy atom. The first-order chi connectivity index (χ1) is 11.6. The van der Waals surface area contributed by atoms with Crippen LogP contribution in [0.3, 0.4) is 0 Å². The van der Waals surface area contributed by atoms with Crippen molar-refractivity contribution in [2.24, 2.45) is 0 Å². The van der Waals surface area contributed by atoms with Crippen LogP contribution in [0.25, 0.3) is 0 Å². The van der Waals surface area contributed by atoms with Crippen molar-refractivity contribution in [1.29, 1.82) is 0 Å². The number of unbranched alkanes of at least 4 members (excludes halogenated alkanes) is 1. The minimum Gasteiger partial charge on any atom is -0.374 e. The lowest BCUT2D eigenvalue weighted by atomic mass is 10.2. The summed E-state index contributed by atoms with van der Waals surface area (Å²) in [6.07, 6.45) is 2.95. The van der Waals surface area contributed by atoms with E-state index in [0.717, 1.165) is 17.8 Å². The largest absolute Gasteiger partial charge is 0.374 e. The molecule has 0 spiro atoms. The number of anilines is 2. The normalized spacial score (nSPS) is 10.4. The lowest BCUT2D eigenvalue weighted by Crippen LogP contribution is -2.25. The van der Waals surface area contributed by atoms with E-state index >= 15 is 0 Å². The van der Waals surface area contributed by atoms with Gasteiger partial charge in [0.15, 0.2) is 0 Å². The molecule has 1 aromatic carbocycles. The molecule has 7 nitrogen and oxygen atoms in total. The van der Waals surface area contributed by atoms with Gasteiger partial charge in [0.25, 0.3) is 5.91 Å². The molecule has 0 aliphatic carbocycles. The van der Waals surface area contributed by atoms with Gasteiger partial charge in [-0.3, -0.25) is 9.59 Å². The fourth-order valence-corrected chi connectivity index (χ4v) is 2.63. The van der Waals surface area contributed by atoms with Gasteiger partial charge in [-0.1, -0.05) is 24.7 Å². The zero-order valence-corrected chi connectivity index (χ0v) is 14.4. The van der Waals surface area contributed by atoms with Gasteiger partial charge in [0.2, 0.25) is 11.0 Å². The topological polar surface area (TPSA) is 110 Å². The molecule has 8 heteroatoms. The summed E-state index contributed by atoms with van der Waals surface area (Å²) in [4.78, 5) is 23.7. The summed E-state index contributed by atoms with van der Waals surface area (Å²) < 4.78 is 0. The number of benzene rings is 1. The van der Waals surface area contributed by atoms with Crippen molar-refractivity contribution in [3.8, 4) is 0 Å². The SMILES string of the molecule is CCCCC(=O)Nc1ccc(C(=O)NCCc2nnc(N)s2)cc1. The Labute approximate surface area is 144 Å². The van der Waals surface area contributed by atoms with Gasteiger partial charge in [0.1, 0.15) is 5.01 Å². The number of aromatic nitrogens is 2. The second-order valence-corrected chi connectivity index (χ2v) is 6.36. The van der Waals surface area contributed by atoms with Crippen LogP contribution in [-0.2, 0) is 11.2 Å². The Kier molecular flexibility index (Phi) is 6.68. The van der Waals surface area contributed by atoms with Gasteiger partial charge in [-0.25, -0.2) is 0 Å². The van der Waals surface area contributed by atoms with Crippen molar-refractivity contribution in [3.63, 3.8) is 0 Å². The summed E-state index contributed by atoms with van der Waals surface area (Å²) in [5.41, 5.74) is 6.74. The van der Waals surface area contributed by atoms with Crippen LogP contribution in [0.4, 0.5) is 10.8 Å². The molecule has 0 saturated carbocycles. The summed E-state index contributed by atoms with van der Waals surface area (Å²) in [6, 6.07) is 6.83. The molecule has 1 heterocycles. The van der Waals surface area contributed by atoms with Crippen molar-refractivity contribution in [3.05, 3.63) is 34.8 Å². The number of nitrogen functional groups attached to an aromatic ring is 1. The van der Waals surface area contributed by atoms with Gasteiger partial charge in [-0.05, 0) is 30.7 Å². The molecule has 2 amide bonds. The highest BCUT2D eigenvalue weighted by Crippen LogP contribution is 2.12. The van der Waals surface area contributed by atoms with E-state index in [1.807, 2.05) is 6.92 Å². The first kappa shape index (κ1) is 17.9. The van der Waals surface area contributed by atoms with E-state index < -0.39 is 0 Å². The van der Waals surface area contributed by atoms with Crippen LogP contribution < -0.4 is 16.4 Å². The molecule has 128 valence electrons. The van der Waals surface area contributed by atoms with Crippen LogP contribution in [0.1, 0.15) is 41.6 Å². The maximum Gasteiger partial charge on any atom is 0.251 e. The molecule has 2 aromatic rings. The van der Waals surface area contributed by atoms with Gasteiger partial charge in [-0.15, -0.1) is 10.2 Å². The molecule has 2 rings (SSSR count). The van der Waals surface area contributed by atoms with Crippen molar-refractivity contribution in [2.75, 3.05) is 17.6 Å². The molecular formula is C16H21N5O2S. The molecule has 4 N–H and O–H groups in total. The minimum absolute atomic E-state index is 0.00891. The average Bonchev–Trinajstić information content (AvgIpc) is 2.99. The number of nitrogens with two attached hydrogens (primary N) is 1. The molecule has 24 heavy (non-hydrogen) atoms. The van der Waals surface area contributed by atoms with Crippen molar-refractivity contribution >= 4 is 34.0 Å². The highest BCUT2D eigenvalue weighted by Gasteiger charge is 2.07. The molecular weight excluding hydrogens is 326 g/mol. The molecule has 0 atom stereocenters. The fraction of sp³-hybridized carbons (Fsp3) is 0.375. The van der Waals surface area contributed by atoms with Crippen LogP contribution >= 0.6 is 11.3 Å². The third kappa shape index (κ3) is 5.62. The summed E-state index contributed by atoms with van der Waals surface area (Å²) in [6.45, 7) is 2.50. The summed E-state index contributed by atoms with van der Waals surface area (Å²) >= 11 is 1.31. The number of carbonyl (C=O) groups is 2. The lowest BCUT2D eigenvalue weighted by molar-refractivity contribution is -0.116. The molecule has 0 radical (unpaired) electrons. The van der Waals surface area contributed by atoms with E-state index in [2.05, 4.69) is 20.8 Å². The van der Waals surface area contributed by atoms with Crippen molar-refractivity contribution < 1.29 is 9.59 Å². The standard InChI is InChI=1S/C16H21N5O2S/c1-2-3-4-13(22)19-12-7-5-11(6-8-12)15(23)18-10-9-14-20-21-16(17)24-14/h5-8H,2-4,9-10H2,1H3,(H2,17,21)(H,18,23)(H,19,22). The Morgan fingerprint density at radius 3 is 2.58 bits per heavy atom. The second-order valence-electron chi connectivity index (χ2n) is 5.27. The number of rotatable bonds is 8. The molecule has 1 aromatic heterocycles. The maximum atomic E-state index is 12.1. The lowest BCUT2D eigenvalue weighted by Gasteiger charge is -2.07. The van der Waals surface area contributed by atoms with Gasteiger partial charge in [-0.2, -0.15) is 0 Å². The molecule has 0 aliphatic rings. The molecule has 0 aliphatic heterocycles. The van der Waals surface area contributed by atoms with Crippen LogP contribution in [-0.4, -0.2) is 28.6 Å². The average molecular weight is 347 g/mol. The van der Waals surface area contributed by atoms with Gasteiger partial charge < -0.3 is 16.4 Å². The number of nitrogens with zero attached hydrogens (tertiary/aromatic N) is 2. The first-order valence-corrected chi connectivity index (χ1v) is 8.66. The Morgan fingerprint density at radius 1 is 1.21 bits per heavy atom. The Hall–Kier alpha value is -2.48. The predicted molar refractivity (Wildman–Crippen MR) is 95.0 cm³/mol. The van der Waals surface area contributed by atoms with Crippen LogP contribution in [0.2, 0.25) is 0 Å². The summed E-state index contributed by atoms with van der Waals surface area (Å²) in [5.74, 6) is -0.179. The maximum absolute atomic E-state index is 12.1. The fourth-order valence-electron chi connectivity index (χ4n) is 2.02.